The first-order valence-electron chi connectivity index (χ1n) is 14.8. The molecule has 40 heavy (non-hydrogen) atoms. The molecule has 3 amide bonds. The van der Waals surface area contributed by atoms with Crippen LogP contribution >= 0.6 is 11.6 Å². The summed E-state index contributed by atoms with van der Waals surface area (Å²) in [6.45, 7) is 11.8. The monoisotopic (exact) mass is 575 g/mol. The molecule has 1 N–H and O–H groups in total. The molecule has 0 spiro atoms. The number of piperidine rings is 1. The highest BCUT2D eigenvalue weighted by atomic mass is 35.5. The Morgan fingerprint density at radius 2 is 1.73 bits per heavy atom. The predicted molar refractivity (Wildman–Crippen MR) is 155 cm³/mol. The lowest BCUT2D eigenvalue weighted by Gasteiger charge is -2.50. The number of carbonyl (C=O) groups is 3. The summed E-state index contributed by atoms with van der Waals surface area (Å²) in [6.07, 6.45) is 7.16. The Kier molecular flexibility index (Phi) is 9.28. The van der Waals surface area contributed by atoms with Crippen molar-refractivity contribution < 1.29 is 23.9 Å². The van der Waals surface area contributed by atoms with Crippen LogP contribution in [-0.4, -0.2) is 71.3 Å². The number of rotatable bonds is 7. The van der Waals surface area contributed by atoms with Gasteiger partial charge in [-0.1, -0.05) is 43.0 Å². The van der Waals surface area contributed by atoms with E-state index in [9.17, 15) is 14.4 Å². The largest absolute Gasteiger partial charge is 0.447 e. The summed E-state index contributed by atoms with van der Waals surface area (Å²) in [4.78, 5) is 43.2. The topological polar surface area (TPSA) is 88.2 Å². The zero-order chi connectivity index (χ0) is 29.1. The number of nitrogens with zero attached hydrogens (tertiary/aromatic N) is 2. The Morgan fingerprint density at radius 3 is 2.27 bits per heavy atom. The summed E-state index contributed by atoms with van der Waals surface area (Å²) in [5, 5.41) is 3.46. The van der Waals surface area contributed by atoms with Gasteiger partial charge >= 0.3 is 12.2 Å². The first-order valence-corrected chi connectivity index (χ1v) is 15.1. The highest BCUT2D eigenvalue weighted by Crippen LogP contribution is 2.48. The molecular weight excluding hydrogens is 530 g/mol. The van der Waals surface area contributed by atoms with Crippen LogP contribution in [0.5, 0.6) is 0 Å². The fraction of sp³-hybridized carbons (Fsp3) is 0.710. The van der Waals surface area contributed by atoms with Crippen molar-refractivity contribution >= 4 is 29.7 Å². The molecule has 222 valence electrons. The van der Waals surface area contributed by atoms with E-state index >= 15 is 0 Å². The molecule has 4 rings (SSSR count). The van der Waals surface area contributed by atoms with E-state index < -0.39 is 17.7 Å². The number of carbonyl (C=O) groups excluding carboxylic acids is 3. The summed E-state index contributed by atoms with van der Waals surface area (Å²) in [5.74, 6) is 0.409. The number of cyclic esters (lactones) is 1. The van der Waals surface area contributed by atoms with Crippen molar-refractivity contribution in [2.45, 2.75) is 103 Å². The molecule has 2 saturated heterocycles. The van der Waals surface area contributed by atoms with Gasteiger partial charge in [0.15, 0.2) is 0 Å². The first-order chi connectivity index (χ1) is 18.8. The molecule has 1 saturated carbocycles. The van der Waals surface area contributed by atoms with Gasteiger partial charge in [-0.05, 0) is 89.3 Å². The van der Waals surface area contributed by atoms with Gasteiger partial charge in [0.05, 0.1) is 5.54 Å². The van der Waals surface area contributed by atoms with Gasteiger partial charge in [-0.3, -0.25) is 9.69 Å². The minimum atomic E-state index is -0.759. The van der Waals surface area contributed by atoms with Crippen LogP contribution in [-0.2, 0) is 20.7 Å². The van der Waals surface area contributed by atoms with Crippen molar-refractivity contribution in [2.24, 2.45) is 11.3 Å². The van der Waals surface area contributed by atoms with Crippen LogP contribution in [0.1, 0.15) is 85.1 Å². The van der Waals surface area contributed by atoms with Crippen molar-refractivity contribution in [2.75, 3.05) is 26.2 Å². The molecule has 1 aromatic rings. The Bertz CT molecular complexity index is 1050. The maximum Gasteiger partial charge on any atom is 0.410 e. The fourth-order valence-corrected chi connectivity index (χ4v) is 6.67. The Hall–Kier alpha value is -2.48. The molecule has 1 aliphatic carbocycles. The first kappa shape index (κ1) is 30.5. The summed E-state index contributed by atoms with van der Waals surface area (Å²) in [5.41, 5.74) is -0.163. The van der Waals surface area contributed by atoms with E-state index in [-0.39, 0.29) is 23.0 Å². The number of amides is 3. The summed E-state index contributed by atoms with van der Waals surface area (Å²) in [7, 11) is 0. The van der Waals surface area contributed by atoms with Crippen LogP contribution in [0.2, 0.25) is 5.02 Å². The third kappa shape index (κ3) is 7.42. The number of hydrogen-bond acceptors (Lipinski definition) is 5. The highest BCUT2D eigenvalue weighted by Gasteiger charge is 2.49. The fourth-order valence-electron chi connectivity index (χ4n) is 6.54. The molecule has 3 fully saturated rings. The maximum atomic E-state index is 13.9. The van der Waals surface area contributed by atoms with Crippen LogP contribution < -0.4 is 5.32 Å². The molecular formula is C31H46ClN3O5. The minimum absolute atomic E-state index is 0.0535. The van der Waals surface area contributed by atoms with E-state index in [1.165, 1.54) is 19.3 Å². The minimum Gasteiger partial charge on any atom is -0.447 e. The van der Waals surface area contributed by atoms with E-state index in [0.29, 0.717) is 43.6 Å². The van der Waals surface area contributed by atoms with Crippen molar-refractivity contribution in [1.29, 1.82) is 0 Å². The Labute approximate surface area is 244 Å². The number of ether oxygens (including phenoxy) is 2. The second-order valence-corrected chi connectivity index (χ2v) is 13.9. The lowest BCUT2D eigenvalue weighted by molar-refractivity contribution is -0.137. The molecule has 3 aliphatic rings. The molecule has 2 aliphatic heterocycles. The molecule has 0 radical (unpaired) electrons. The molecule has 8 nitrogen and oxygen atoms in total. The molecule has 1 aromatic carbocycles. The summed E-state index contributed by atoms with van der Waals surface area (Å²) < 4.78 is 10.9. The lowest BCUT2D eigenvalue weighted by Crippen LogP contribution is -2.57. The van der Waals surface area contributed by atoms with E-state index in [1.807, 2.05) is 21.9 Å². The molecule has 2 heterocycles. The number of halogens is 1. The number of hydrogen-bond donors (Lipinski definition) is 1. The second kappa shape index (κ2) is 12.2. The van der Waals surface area contributed by atoms with Crippen LogP contribution in [0.15, 0.2) is 24.3 Å². The predicted octanol–water partition coefficient (Wildman–Crippen LogP) is 6.20. The normalized spacial score (nSPS) is 22.0. The molecule has 0 unspecified atom stereocenters. The average Bonchev–Trinajstić information content (AvgIpc) is 3.15. The van der Waals surface area contributed by atoms with E-state index in [4.69, 9.17) is 21.1 Å². The van der Waals surface area contributed by atoms with Gasteiger partial charge in [-0.25, -0.2) is 9.59 Å². The van der Waals surface area contributed by atoms with Crippen molar-refractivity contribution in [3.63, 3.8) is 0 Å². The smallest absolute Gasteiger partial charge is 0.410 e. The van der Waals surface area contributed by atoms with Crippen LogP contribution in [0, 0.1) is 11.3 Å². The van der Waals surface area contributed by atoms with Gasteiger partial charge < -0.3 is 19.7 Å². The maximum absolute atomic E-state index is 13.9. The van der Waals surface area contributed by atoms with Crippen molar-refractivity contribution in [3.05, 3.63) is 34.9 Å². The molecule has 9 heteroatoms. The summed E-state index contributed by atoms with van der Waals surface area (Å²) >= 11 is 6.07. The van der Waals surface area contributed by atoms with E-state index in [1.54, 1.807) is 32.9 Å². The van der Waals surface area contributed by atoms with Crippen molar-refractivity contribution in [3.8, 4) is 0 Å². The Balaban J connectivity index is 1.50. The standard InChI is InChI=1S/C31H46ClN3O5/c1-29(2,3)40-27(37)33-25(19-22-11-13-24(32)14-12-22)26(36)34-17-15-31(16-18-34,23-9-7-6-8-10-23)20-35-28(38)39-21-30(35,4)5/h11-14,23,25H,6-10,15-21H2,1-5H3,(H,33,37)/t25-/m1/s1. The lowest BCUT2D eigenvalue weighted by atomic mass is 9.63. The zero-order valence-electron chi connectivity index (χ0n) is 24.8. The van der Waals surface area contributed by atoms with Gasteiger partial charge in [0.1, 0.15) is 18.2 Å². The molecule has 0 bridgehead atoms. The number of alkyl carbamates (subject to hydrolysis) is 1. The highest BCUT2D eigenvalue weighted by molar-refractivity contribution is 6.30. The van der Waals surface area contributed by atoms with Crippen LogP contribution in [0.3, 0.4) is 0 Å². The Morgan fingerprint density at radius 1 is 1.10 bits per heavy atom. The molecule has 0 aromatic heterocycles. The third-order valence-electron chi connectivity index (χ3n) is 8.86. The van der Waals surface area contributed by atoms with Gasteiger partial charge in [0.2, 0.25) is 5.91 Å². The quantitative estimate of drug-likeness (QED) is 0.418. The van der Waals surface area contributed by atoms with Crippen LogP contribution in [0.25, 0.3) is 0 Å². The van der Waals surface area contributed by atoms with Crippen LogP contribution in [0.4, 0.5) is 9.59 Å². The van der Waals surface area contributed by atoms with Gasteiger partial charge in [-0.15, -0.1) is 0 Å². The van der Waals surface area contributed by atoms with Gasteiger partial charge in [0, 0.05) is 31.1 Å². The number of nitrogens with one attached hydrogen (secondary N) is 1. The third-order valence-corrected chi connectivity index (χ3v) is 9.11. The van der Waals surface area contributed by atoms with Gasteiger partial charge in [0.25, 0.3) is 0 Å². The summed E-state index contributed by atoms with van der Waals surface area (Å²) in [6, 6.07) is 6.57. The molecule has 1 atom stereocenters. The zero-order valence-corrected chi connectivity index (χ0v) is 25.5. The second-order valence-electron chi connectivity index (χ2n) is 13.5. The average molecular weight is 576 g/mol. The SMILES string of the molecule is CC(C)(C)OC(=O)N[C@H](Cc1ccc(Cl)cc1)C(=O)N1CCC(CN2C(=O)OCC2(C)C)(C2CCCCC2)CC1. The number of benzene rings is 1. The number of likely N-dealkylation sites (tertiary alicyclic amines) is 1. The van der Waals surface area contributed by atoms with E-state index in [0.717, 1.165) is 31.2 Å². The van der Waals surface area contributed by atoms with Gasteiger partial charge in [-0.2, -0.15) is 0 Å². The van der Waals surface area contributed by atoms with Crippen molar-refractivity contribution in [1.82, 2.24) is 15.1 Å². The van der Waals surface area contributed by atoms with E-state index in [2.05, 4.69) is 19.2 Å².